The first-order chi connectivity index (χ1) is 15.7. The average Bonchev–Trinajstić information content (AvgIpc) is 3.23. The molecule has 13 heteroatoms. The van der Waals surface area contributed by atoms with Gasteiger partial charge in [0.25, 0.3) is 0 Å². The van der Waals surface area contributed by atoms with Crippen LogP contribution in [0.15, 0.2) is 28.9 Å². The lowest BCUT2D eigenvalue weighted by Crippen LogP contribution is -2.36. The second kappa shape index (κ2) is 13.4. The normalized spacial score (nSPS) is 14.1. The first kappa shape index (κ1) is 26.9. The van der Waals surface area contributed by atoms with Crippen molar-refractivity contribution in [3.8, 4) is 0 Å². The maximum absolute atomic E-state index is 11.0. The van der Waals surface area contributed by atoms with E-state index < -0.39 is 30.8 Å². The monoisotopic (exact) mass is 485 g/mol. The van der Waals surface area contributed by atoms with Gasteiger partial charge in [0.1, 0.15) is 0 Å². The highest BCUT2D eigenvalue weighted by Gasteiger charge is 2.22. The maximum Gasteiger partial charge on any atom is 0.327 e. The van der Waals surface area contributed by atoms with Crippen LogP contribution in [0, 0.1) is 10.1 Å². The van der Waals surface area contributed by atoms with Crippen molar-refractivity contribution in [1.29, 1.82) is 0 Å². The van der Waals surface area contributed by atoms with Crippen LogP contribution in [-0.4, -0.2) is 55.0 Å². The van der Waals surface area contributed by atoms with E-state index in [0.717, 1.165) is 57.9 Å². The molecule has 1 aromatic carbocycles. The Hall–Kier alpha value is -2.37. The van der Waals surface area contributed by atoms with Crippen molar-refractivity contribution < 1.29 is 29.0 Å². The lowest BCUT2D eigenvalue weighted by atomic mass is 10.1. The molecular weight excluding hydrogens is 453 g/mol. The number of hydrogen-bond donors (Lipinski definition) is 5. The molecule has 1 heterocycles. The Morgan fingerprint density at radius 1 is 1.12 bits per heavy atom. The fraction of sp³-hybridized carbons (Fsp3) is 0.600. The van der Waals surface area contributed by atoms with Gasteiger partial charge in [0.2, 0.25) is 5.52 Å². The number of rotatable bonds is 16. The van der Waals surface area contributed by atoms with E-state index in [4.69, 9.17) is 15.5 Å². The number of allylic oxidation sites excluding steroid dienone is 1. The number of hydrogen-bond acceptors (Lipinski definition) is 9. The Morgan fingerprint density at radius 3 is 2.42 bits per heavy atom. The molecule has 2 aromatic rings. The van der Waals surface area contributed by atoms with Crippen molar-refractivity contribution in [2.75, 3.05) is 18.0 Å². The number of non-ortho nitro benzene ring substituents is 1. The number of nitrogens with two attached hydrogens (primary N) is 1. The number of nitrogens with one attached hydrogen (secondary N) is 1. The molecule has 1 aromatic heterocycles. The summed E-state index contributed by atoms with van der Waals surface area (Å²) in [5.74, 6) is 0. The summed E-state index contributed by atoms with van der Waals surface area (Å²) in [5.41, 5.74) is 6.60. The molecular formula is C20H32N5O7P. The molecule has 0 aliphatic carbocycles. The highest BCUT2D eigenvalue weighted by atomic mass is 31.2. The molecule has 0 radical (unpaired) electrons. The smallest absolute Gasteiger partial charge is 0.327 e. The minimum Gasteiger partial charge on any atom is -0.387 e. The van der Waals surface area contributed by atoms with E-state index in [-0.39, 0.29) is 11.2 Å². The Labute approximate surface area is 191 Å². The molecule has 0 saturated heterocycles. The van der Waals surface area contributed by atoms with Crippen LogP contribution >= 0.6 is 7.60 Å². The van der Waals surface area contributed by atoms with Crippen LogP contribution in [0.5, 0.6) is 0 Å². The maximum atomic E-state index is 11.0. The summed E-state index contributed by atoms with van der Waals surface area (Å²) >= 11 is 0. The summed E-state index contributed by atoms with van der Waals surface area (Å²) in [7, 11) is -4.23. The molecule has 0 aliphatic heterocycles. The van der Waals surface area contributed by atoms with Crippen LogP contribution in [0.2, 0.25) is 0 Å². The van der Waals surface area contributed by atoms with E-state index >= 15 is 0 Å². The zero-order valence-corrected chi connectivity index (χ0v) is 19.3. The summed E-state index contributed by atoms with van der Waals surface area (Å²) in [6, 6.07) is 2.03. The lowest BCUT2D eigenvalue weighted by molar-refractivity contribution is -0.383. The second-order valence-corrected chi connectivity index (χ2v) is 9.67. The SMILES string of the molecule is N[C@@H](CP(=O)(O)O)[C@H](O)/C=C/CCCCCCCCCNc1ccc([N+](=O)[O-])c2nonc12. The molecule has 33 heavy (non-hydrogen) atoms. The third-order valence-electron chi connectivity index (χ3n) is 5.17. The highest BCUT2D eigenvalue weighted by molar-refractivity contribution is 7.51. The molecule has 2 atom stereocenters. The molecule has 2 rings (SSSR count). The van der Waals surface area contributed by atoms with Crippen LogP contribution in [0.25, 0.3) is 11.0 Å². The first-order valence-corrected chi connectivity index (χ1v) is 12.8. The predicted octanol–water partition coefficient (Wildman–Crippen LogP) is 3.09. The molecule has 12 nitrogen and oxygen atoms in total. The molecule has 184 valence electrons. The highest BCUT2D eigenvalue weighted by Crippen LogP contribution is 2.35. The van der Waals surface area contributed by atoms with Gasteiger partial charge in [-0.3, -0.25) is 14.7 Å². The fourth-order valence-electron chi connectivity index (χ4n) is 3.40. The zero-order chi connectivity index (χ0) is 24.3. The number of nitro groups is 1. The Kier molecular flexibility index (Phi) is 10.9. The topological polar surface area (TPSA) is 198 Å². The van der Waals surface area contributed by atoms with E-state index in [0.29, 0.717) is 11.2 Å². The summed E-state index contributed by atoms with van der Waals surface area (Å²) in [4.78, 5) is 28.2. The standard InChI is InChI=1S/C20H32N5O7P/c21-15(14-33(29,30)31)18(26)10-8-6-4-2-1-3-5-7-9-13-22-16-11-12-17(25(27)28)20-19(16)23-32-24-20/h8,10-12,15,18,22,26H,1-7,9,13-14,21H2,(H2,29,30,31)/b10-8+/t15-,18+/m0/s1. The van der Waals surface area contributed by atoms with E-state index in [1.165, 1.54) is 12.1 Å². The number of anilines is 1. The van der Waals surface area contributed by atoms with Crippen LogP contribution in [0.1, 0.15) is 51.4 Å². The predicted molar refractivity (Wildman–Crippen MR) is 124 cm³/mol. The summed E-state index contributed by atoms with van der Waals surface area (Å²) in [5, 5.41) is 31.4. The Bertz CT molecular complexity index is 961. The Morgan fingerprint density at radius 2 is 1.76 bits per heavy atom. The van der Waals surface area contributed by atoms with Crippen molar-refractivity contribution in [1.82, 2.24) is 10.3 Å². The second-order valence-electron chi connectivity index (χ2n) is 7.97. The first-order valence-electron chi connectivity index (χ1n) is 11.0. The number of nitrogens with zero attached hydrogens (tertiary/aromatic N) is 3. The van der Waals surface area contributed by atoms with Crippen LogP contribution in [0.3, 0.4) is 0 Å². The molecule has 0 unspecified atom stereocenters. The molecule has 0 bridgehead atoms. The van der Waals surface area contributed by atoms with Gasteiger partial charge >= 0.3 is 13.3 Å². The largest absolute Gasteiger partial charge is 0.387 e. The van der Waals surface area contributed by atoms with Gasteiger partial charge in [0.15, 0.2) is 5.52 Å². The summed E-state index contributed by atoms with van der Waals surface area (Å²) in [6.45, 7) is 0.719. The van der Waals surface area contributed by atoms with Crippen molar-refractivity contribution in [2.45, 2.75) is 63.5 Å². The number of fused-ring (bicyclic) bond motifs is 1. The summed E-state index contributed by atoms with van der Waals surface area (Å²) < 4.78 is 15.5. The minimum absolute atomic E-state index is 0.132. The van der Waals surface area contributed by atoms with Crippen LogP contribution in [0.4, 0.5) is 11.4 Å². The Balaban J connectivity index is 1.51. The van der Waals surface area contributed by atoms with Crippen molar-refractivity contribution in [3.05, 3.63) is 34.4 Å². The molecule has 0 spiro atoms. The van der Waals surface area contributed by atoms with Crippen LogP contribution in [-0.2, 0) is 4.57 Å². The van der Waals surface area contributed by atoms with E-state index in [1.54, 1.807) is 12.1 Å². The number of nitro benzene ring substituents is 1. The van der Waals surface area contributed by atoms with Crippen molar-refractivity contribution in [2.24, 2.45) is 5.73 Å². The van der Waals surface area contributed by atoms with Gasteiger partial charge in [0, 0.05) is 18.7 Å². The number of aromatic nitrogens is 2. The lowest BCUT2D eigenvalue weighted by Gasteiger charge is -2.16. The van der Waals surface area contributed by atoms with Crippen molar-refractivity contribution >= 4 is 30.0 Å². The minimum atomic E-state index is -4.23. The van der Waals surface area contributed by atoms with Gasteiger partial charge in [-0.25, -0.2) is 4.63 Å². The van der Waals surface area contributed by atoms with E-state index in [2.05, 4.69) is 20.3 Å². The fourth-order valence-corrected chi connectivity index (χ4v) is 4.16. The molecule has 6 N–H and O–H groups in total. The number of unbranched alkanes of at least 4 members (excludes halogenated alkanes) is 7. The van der Waals surface area contributed by atoms with Crippen molar-refractivity contribution in [3.63, 3.8) is 0 Å². The summed E-state index contributed by atoms with van der Waals surface area (Å²) in [6.07, 6.45) is 9.87. The number of aliphatic hydroxyl groups is 1. The number of aliphatic hydroxyl groups excluding tert-OH is 1. The quantitative estimate of drug-likeness (QED) is 0.0769. The van der Waals surface area contributed by atoms with Crippen LogP contribution < -0.4 is 11.1 Å². The van der Waals surface area contributed by atoms with Gasteiger partial charge in [0.05, 0.1) is 22.9 Å². The van der Waals surface area contributed by atoms with E-state index in [1.807, 2.05) is 0 Å². The number of benzene rings is 1. The third kappa shape index (κ3) is 9.56. The molecule has 0 saturated carbocycles. The van der Waals surface area contributed by atoms with Gasteiger partial charge in [-0.2, -0.15) is 0 Å². The third-order valence-corrected chi connectivity index (χ3v) is 6.07. The molecule has 0 amide bonds. The van der Waals surface area contributed by atoms with Gasteiger partial charge in [-0.05, 0) is 35.6 Å². The molecule has 0 fully saturated rings. The zero-order valence-electron chi connectivity index (χ0n) is 18.4. The average molecular weight is 485 g/mol. The van der Waals surface area contributed by atoms with Gasteiger partial charge < -0.3 is 25.9 Å². The van der Waals surface area contributed by atoms with E-state index in [9.17, 15) is 19.8 Å². The van der Waals surface area contributed by atoms with Gasteiger partial charge in [-0.1, -0.05) is 44.3 Å². The molecule has 0 aliphatic rings. The van der Waals surface area contributed by atoms with Gasteiger partial charge in [-0.15, -0.1) is 0 Å².